The highest BCUT2D eigenvalue weighted by Crippen LogP contribution is 2.38. The topological polar surface area (TPSA) is 69.3 Å². The molecule has 12 heteroatoms. The van der Waals surface area contributed by atoms with Gasteiger partial charge in [-0.15, -0.1) is 23.4 Å². The number of halogens is 1. The van der Waals surface area contributed by atoms with Crippen LogP contribution in [0, 0.1) is 5.92 Å². The molecule has 0 radical (unpaired) electrons. The van der Waals surface area contributed by atoms with Crippen molar-refractivity contribution in [3.63, 3.8) is 0 Å². The Morgan fingerprint density at radius 1 is 1.00 bits per heavy atom. The number of thioether (sulfide) groups is 1. The Hall–Kier alpha value is 0.561. The molecule has 2 saturated heterocycles. The number of hydrogen-bond acceptors (Lipinski definition) is 7. The van der Waals surface area contributed by atoms with E-state index < -0.39 is 43.2 Å². The zero-order valence-electron chi connectivity index (χ0n) is 26.8. The fourth-order valence-electron chi connectivity index (χ4n) is 5.68. The van der Waals surface area contributed by atoms with Gasteiger partial charge in [0, 0.05) is 6.54 Å². The first-order valence-electron chi connectivity index (χ1n) is 14.6. The first kappa shape index (κ1) is 35.8. The Balaban J connectivity index is 2.49. The lowest BCUT2D eigenvalue weighted by atomic mass is 9.92. The van der Waals surface area contributed by atoms with Crippen LogP contribution in [0.4, 0.5) is 0 Å². The lowest BCUT2D eigenvalue weighted by molar-refractivity contribution is -0.190. The Labute approximate surface area is 251 Å². The van der Waals surface area contributed by atoms with Gasteiger partial charge in [0.2, 0.25) is 5.91 Å². The molecule has 7 nitrogen and oxygen atoms in total. The Kier molecular flexibility index (Phi) is 13.2. The van der Waals surface area contributed by atoms with Crippen molar-refractivity contribution in [3.05, 3.63) is 0 Å². The summed E-state index contributed by atoms with van der Waals surface area (Å²) in [5.74, 6) is 0.569. The SMILES string of the molecule is CCC[C@H]1C[C@@H](C(=O)N[C@H]([C@@H](C)Cl)[C@H]2O[C@H](SC)[C@H](O[Si](C)(C)C)[C@H](O[Si](C)(C)C)C2O[Si](C)(C)C)N(C)C1. The zero-order valence-corrected chi connectivity index (χ0v) is 31.4. The van der Waals surface area contributed by atoms with Crippen LogP contribution >= 0.6 is 23.4 Å². The van der Waals surface area contributed by atoms with Crippen molar-refractivity contribution in [2.45, 2.75) is 139 Å². The van der Waals surface area contributed by atoms with Crippen molar-refractivity contribution in [1.29, 1.82) is 0 Å². The number of hydrogen-bond donors (Lipinski definition) is 1. The zero-order chi connectivity index (χ0) is 29.9. The fourth-order valence-corrected chi connectivity index (χ4v) is 9.95. The van der Waals surface area contributed by atoms with E-state index in [2.05, 4.69) is 76.1 Å². The van der Waals surface area contributed by atoms with Gasteiger partial charge in [-0.05, 0) is 97.9 Å². The molecule has 39 heavy (non-hydrogen) atoms. The molecule has 2 heterocycles. The molecule has 0 saturated carbocycles. The quantitative estimate of drug-likeness (QED) is 0.197. The molecule has 0 bridgehead atoms. The fraction of sp³-hybridized carbons (Fsp3) is 0.963. The van der Waals surface area contributed by atoms with Crippen molar-refractivity contribution in [1.82, 2.24) is 10.2 Å². The number of amides is 1. The van der Waals surface area contributed by atoms with Gasteiger partial charge in [-0.1, -0.05) is 13.3 Å². The molecular formula is C27H57ClN2O5SSi3. The van der Waals surface area contributed by atoms with Crippen molar-refractivity contribution in [2.75, 3.05) is 19.8 Å². The average molecular weight is 642 g/mol. The summed E-state index contributed by atoms with van der Waals surface area (Å²) in [6, 6.07) is -0.595. The van der Waals surface area contributed by atoms with Crippen molar-refractivity contribution >= 4 is 54.2 Å². The highest BCUT2D eigenvalue weighted by atomic mass is 35.5. The van der Waals surface area contributed by atoms with E-state index in [-0.39, 0.29) is 35.0 Å². The number of likely N-dealkylation sites (N-methyl/N-ethyl adjacent to an activating group) is 1. The van der Waals surface area contributed by atoms with Crippen LogP contribution in [-0.4, -0.2) is 103 Å². The molecular weight excluding hydrogens is 584 g/mol. The van der Waals surface area contributed by atoms with Crippen LogP contribution in [-0.2, 0) is 22.8 Å². The van der Waals surface area contributed by atoms with Gasteiger partial charge in [-0.3, -0.25) is 9.69 Å². The molecule has 2 aliphatic heterocycles. The smallest absolute Gasteiger partial charge is 0.237 e. The van der Waals surface area contributed by atoms with Gasteiger partial charge in [-0.2, -0.15) is 0 Å². The van der Waals surface area contributed by atoms with Crippen LogP contribution in [0.1, 0.15) is 33.1 Å². The van der Waals surface area contributed by atoms with Gasteiger partial charge in [0.1, 0.15) is 29.9 Å². The summed E-state index contributed by atoms with van der Waals surface area (Å²) < 4.78 is 27.5. The van der Waals surface area contributed by atoms with E-state index in [0.29, 0.717) is 5.92 Å². The van der Waals surface area contributed by atoms with E-state index in [1.165, 1.54) is 0 Å². The number of carbonyl (C=O) groups excluding carboxylic acids is 1. The van der Waals surface area contributed by atoms with Gasteiger partial charge in [0.05, 0.1) is 17.5 Å². The molecule has 0 aromatic carbocycles. The number of nitrogens with one attached hydrogen (secondary N) is 1. The molecule has 2 rings (SSSR count). The number of ether oxygens (including phenoxy) is 1. The average Bonchev–Trinajstić information content (AvgIpc) is 3.12. The molecule has 0 aromatic heterocycles. The second-order valence-corrected chi connectivity index (χ2v) is 29.4. The highest BCUT2D eigenvalue weighted by Gasteiger charge is 2.54. The summed E-state index contributed by atoms with van der Waals surface area (Å²) in [5.41, 5.74) is -0.262. The van der Waals surface area contributed by atoms with Crippen molar-refractivity contribution < 1.29 is 22.8 Å². The lowest BCUT2D eigenvalue weighted by Crippen LogP contribution is -2.69. The largest absolute Gasteiger partial charge is 0.409 e. The summed E-state index contributed by atoms with van der Waals surface area (Å²) in [4.78, 5) is 15.9. The van der Waals surface area contributed by atoms with Crippen LogP contribution in [0.15, 0.2) is 0 Å². The predicted octanol–water partition coefficient (Wildman–Crippen LogP) is 5.97. The van der Waals surface area contributed by atoms with Gasteiger partial charge in [0.25, 0.3) is 0 Å². The third-order valence-corrected chi connectivity index (χ3v) is 11.1. The van der Waals surface area contributed by atoms with Gasteiger partial charge in [-0.25, -0.2) is 0 Å². The molecule has 0 spiro atoms. The second-order valence-electron chi connectivity index (χ2n) is 14.3. The number of carbonyl (C=O) groups is 1. The van der Waals surface area contributed by atoms with Crippen molar-refractivity contribution in [3.8, 4) is 0 Å². The molecule has 0 aliphatic carbocycles. The predicted molar refractivity (Wildman–Crippen MR) is 174 cm³/mol. The Morgan fingerprint density at radius 2 is 1.51 bits per heavy atom. The molecule has 2 fully saturated rings. The van der Waals surface area contributed by atoms with E-state index in [0.717, 1.165) is 25.8 Å². The normalized spacial score (nSPS) is 32.7. The standard InChI is InChI=1S/C27H57ClN2O5SSi3/c1-14-15-19-16-20(30(3)17-19)26(31)29-21(18(2)28)22-23(33-37(5,6)7)24(34-38(8,9)10)25(27(32-22)36-4)35-39(11,12)13/h18-25,27H,14-17H2,1-13H3,(H,29,31)/t18-,19+,20+,21-,22-,23?,24-,25-,27-/m1/s1. The summed E-state index contributed by atoms with van der Waals surface area (Å²) in [5, 5.41) is 2.97. The number of alkyl halides is 1. The van der Waals surface area contributed by atoms with E-state index in [4.69, 9.17) is 29.6 Å². The second kappa shape index (κ2) is 14.4. The molecule has 230 valence electrons. The van der Waals surface area contributed by atoms with E-state index >= 15 is 0 Å². The Bertz CT molecular complexity index is 793. The van der Waals surface area contributed by atoms with Gasteiger partial charge < -0.3 is 23.3 Å². The third kappa shape index (κ3) is 11.0. The minimum absolute atomic E-state index is 0.0211. The maximum Gasteiger partial charge on any atom is 0.237 e. The lowest BCUT2D eigenvalue weighted by Gasteiger charge is -2.52. The maximum atomic E-state index is 13.7. The van der Waals surface area contributed by atoms with E-state index in [1.54, 1.807) is 11.8 Å². The van der Waals surface area contributed by atoms with E-state index in [9.17, 15) is 4.79 Å². The van der Waals surface area contributed by atoms with Crippen LogP contribution in [0.2, 0.25) is 58.9 Å². The van der Waals surface area contributed by atoms with Crippen LogP contribution in [0.5, 0.6) is 0 Å². The maximum absolute atomic E-state index is 13.7. The molecule has 2 aliphatic rings. The molecule has 1 unspecified atom stereocenters. The van der Waals surface area contributed by atoms with Gasteiger partial charge >= 0.3 is 0 Å². The minimum Gasteiger partial charge on any atom is -0.409 e. The van der Waals surface area contributed by atoms with Crippen molar-refractivity contribution in [2.24, 2.45) is 5.92 Å². The summed E-state index contributed by atoms with van der Waals surface area (Å²) in [6.07, 6.45) is 3.74. The monoisotopic (exact) mass is 640 g/mol. The molecule has 9 atom stereocenters. The van der Waals surface area contributed by atoms with E-state index in [1.807, 2.05) is 20.2 Å². The molecule has 0 aromatic rings. The summed E-state index contributed by atoms with van der Waals surface area (Å²) in [7, 11) is -3.97. The van der Waals surface area contributed by atoms with Crippen LogP contribution in [0.25, 0.3) is 0 Å². The Morgan fingerprint density at radius 3 is 1.97 bits per heavy atom. The minimum atomic E-state index is -2.06. The summed E-state index contributed by atoms with van der Waals surface area (Å²) >= 11 is 8.51. The third-order valence-electron chi connectivity index (χ3n) is 7.02. The molecule has 1 N–H and O–H groups in total. The number of rotatable bonds is 13. The summed E-state index contributed by atoms with van der Waals surface area (Å²) in [6.45, 7) is 24.9. The van der Waals surface area contributed by atoms with Crippen LogP contribution in [0.3, 0.4) is 0 Å². The first-order chi connectivity index (χ1) is 17.8. The highest BCUT2D eigenvalue weighted by molar-refractivity contribution is 7.99. The number of nitrogens with zero attached hydrogens (tertiary/aromatic N) is 1. The number of likely N-dealkylation sites (tertiary alicyclic amines) is 1. The molecule has 1 amide bonds. The first-order valence-corrected chi connectivity index (χ1v) is 26.6. The van der Waals surface area contributed by atoms with Gasteiger partial charge in [0.15, 0.2) is 25.0 Å². The van der Waals surface area contributed by atoms with Crippen LogP contribution < -0.4 is 5.32 Å².